The third kappa shape index (κ3) is 3.07. The zero-order valence-corrected chi connectivity index (χ0v) is 17.4. The molecule has 0 atom stereocenters. The average molecular weight is 390 g/mol. The first-order chi connectivity index (χ1) is 14.2. The molecule has 5 nitrogen and oxygen atoms in total. The molecule has 4 rings (SSSR count). The number of para-hydroxylation sites is 1. The number of unbranched alkanes of at least 4 members (excludes halogenated alkanes) is 1. The summed E-state index contributed by atoms with van der Waals surface area (Å²) in [5, 5.41) is 2.43. The second kappa shape index (κ2) is 8.03. The molecule has 0 spiro atoms. The summed E-state index contributed by atoms with van der Waals surface area (Å²) in [7, 11) is 4.89. The predicted molar refractivity (Wildman–Crippen MR) is 117 cm³/mol. The Balaban J connectivity index is 2.08. The molecule has 150 valence electrons. The van der Waals surface area contributed by atoms with E-state index in [1.165, 1.54) is 16.3 Å². The van der Waals surface area contributed by atoms with Crippen LogP contribution in [0.4, 0.5) is 0 Å². The molecule has 0 aliphatic heterocycles. The zero-order chi connectivity index (χ0) is 20.4. The highest BCUT2D eigenvalue weighted by atomic mass is 16.5. The van der Waals surface area contributed by atoms with Crippen molar-refractivity contribution in [2.45, 2.75) is 26.3 Å². The van der Waals surface area contributed by atoms with E-state index < -0.39 is 0 Å². The number of methoxy groups -OCH3 is 3. The minimum atomic E-state index is 0.572. The number of hydrogen-bond donors (Lipinski definition) is 0. The summed E-state index contributed by atoms with van der Waals surface area (Å²) in [6.45, 7) is 3.15. The van der Waals surface area contributed by atoms with E-state index in [1.54, 1.807) is 21.3 Å². The van der Waals surface area contributed by atoms with Gasteiger partial charge < -0.3 is 18.8 Å². The van der Waals surface area contributed by atoms with Gasteiger partial charge in [0.05, 0.1) is 32.5 Å². The summed E-state index contributed by atoms with van der Waals surface area (Å²) >= 11 is 0. The Hall–Kier alpha value is -3.21. The molecule has 2 heterocycles. The van der Waals surface area contributed by atoms with E-state index >= 15 is 0 Å². The van der Waals surface area contributed by atoms with Crippen LogP contribution in [-0.2, 0) is 6.54 Å². The smallest absolute Gasteiger partial charge is 0.203 e. The van der Waals surface area contributed by atoms with Gasteiger partial charge in [0.2, 0.25) is 5.75 Å². The summed E-state index contributed by atoms with van der Waals surface area (Å²) in [6, 6.07) is 14.5. The van der Waals surface area contributed by atoms with Crippen LogP contribution >= 0.6 is 0 Å². The van der Waals surface area contributed by atoms with Gasteiger partial charge in [-0.3, -0.25) is 4.98 Å². The molecule has 4 aromatic rings. The maximum Gasteiger partial charge on any atom is 0.203 e. The Morgan fingerprint density at radius 2 is 1.66 bits per heavy atom. The summed E-state index contributed by atoms with van der Waals surface area (Å²) in [4.78, 5) is 4.78. The number of ether oxygens (including phenoxy) is 3. The Morgan fingerprint density at radius 1 is 0.862 bits per heavy atom. The molecule has 0 saturated heterocycles. The lowest BCUT2D eigenvalue weighted by Crippen LogP contribution is -2.01. The van der Waals surface area contributed by atoms with Gasteiger partial charge in [0.25, 0.3) is 0 Å². The van der Waals surface area contributed by atoms with Crippen molar-refractivity contribution in [3.63, 3.8) is 0 Å². The molecule has 0 saturated carbocycles. The normalized spacial score (nSPS) is 11.2. The Bertz CT molecular complexity index is 1160. The van der Waals surface area contributed by atoms with Crippen molar-refractivity contribution in [1.29, 1.82) is 0 Å². The first kappa shape index (κ1) is 19.1. The number of nitrogens with zero attached hydrogens (tertiary/aromatic N) is 2. The van der Waals surface area contributed by atoms with Crippen LogP contribution in [0.3, 0.4) is 0 Å². The van der Waals surface area contributed by atoms with Gasteiger partial charge in [-0.25, -0.2) is 0 Å². The zero-order valence-electron chi connectivity index (χ0n) is 17.4. The maximum atomic E-state index is 5.75. The van der Waals surface area contributed by atoms with Crippen molar-refractivity contribution in [2.24, 2.45) is 0 Å². The van der Waals surface area contributed by atoms with E-state index in [-0.39, 0.29) is 0 Å². The lowest BCUT2D eigenvalue weighted by atomic mass is 10.1. The molecule has 5 heteroatoms. The van der Waals surface area contributed by atoms with E-state index in [0.717, 1.165) is 36.2 Å². The van der Waals surface area contributed by atoms with Crippen molar-refractivity contribution in [2.75, 3.05) is 21.3 Å². The molecular weight excluding hydrogens is 364 g/mol. The number of rotatable bonds is 7. The van der Waals surface area contributed by atoms with Gasteiger partial charge in [-0.1, -0.05) is 31.5 Å². The molecule has 0 unspecified atom stereocenters. The van der Waals surface area contributed by atoms with Gasteiger partial charge in [0, 0.05) is 34.6 Å². The molecule has 0 radical (unpaired) electrons. The second-order valence-corrected chi connectivity index (χ2v) is 6.96. The van der Waals surface area contributed by atoms with E-state index in [1.807, 2.05) is 18.3 Å². The van der Waals surface area contributed by atoms with Crippen LogP contribution in [0.2, 0.25) is 0 Å². The molecule has 0 bridgehead atoms. The van der Waals surface area contributed by atoms with Crippen molar-refractivity contribution in [3.05, 3.63) is 48.7 Å². The molecule has 0 aliphatic carbocycles. The third-order valence-corrected chi connectivity index (χ3v) is 5.37. The lowest BCUT2D eigenvalue weighted by Gasteiger charge is -2.17. The topological polar surface area (TPSA) is 45.5 Å². The van der Waals surface area contributed by atoms with Gasteiger partial charge >= 0.3 is 0 Å². The molecule has 29 heavy (non-hydrogen) atoms. The van der Waals surface area contributed by atoms with Crippen molar-refractivity contribution in [3.8, 4) is 28.5 Å². The largest absolute Gasteiger partial charge is 0.493 e. The minimum absolute atomic E-state index is 0.572. The molecule has 0 amide bonds. The van der Waals surface area contributed by atoms with Crippen molar-refractivity contribution >= 4 is 21.8 Å². The monoisotopic (exact) mass is 390 g/mol. The second-order valence-electron chi connectivity index (χ2n) is 6.96. The highest BCUT2D eigenvalue weighted by molar-refractivity contribution is 6.12. The van der Waals surface area contributed by atoms with Crippen LogP contribution in [0, 0.1) is 0 Å². The first-order valence-electron chi connectivity index (χ1n) is 9.90. The minimum Gasteiger partial charge on any atom is -0.493 e. The number of benzene rings is 2. The van der Waals surface area contributed by atoms with Crippen LogP contribution in [0.5, 0.6) is 17.2 Å². The summed E-state index contributed by atoms with van der Waals surface area (Å²) in [6.07, 6.45) is 4.10. The molecule has 0 fully saturated rings. The van der Waals surface area contributed by atoms with Gasteiger partial charge in [0.1, 0.15) is 0 Å². The third-order valence-electron chi connectivity index (χ3n) is 5.37. The van der Waals surface area contributed by atoms with Crippen LogP contribution in [-0.4, -0.2) is 30.9 Å². The van der Waals surface area contributed by atoms with E-state index in [2.05, 4.69) is 41.8 Å². The van der Waals surface area contributed by atoms with E-state index in [0.29, 0.717) is 17.2 Å². The van der Waals surface area contributed by atoms with Gasteiger partial charge in [-0.2, -0.15) is 0 Å². The van der Waals surface area contributed by atoms with Crippen molar-refractivity contribution < 1.29 is 14.2 Å². The molecule has 2 aromatic heterocycles. The quantitative estimate of drug-likeness (QED) is 0.407. The summed E-state index contributed by atoms with van der Waals surface area (Å²) < 4.78 is 19.2. The Kier molecular flexibility index (Phi) is 5.30. The van der Waals surface area contributed by atoms with Crippen molar-refractivity contribution in [1.82, 2.24) is 9.55 Å². The van der Waals surface area contributed by atoms with Gasteiger partial charge in [0.15, 0.2) is 11.5 Å². The first-order valence-corrected chi connectivity index (χ1v) is 9.90. The van der Waals surface area contributed by atoms with E-state index in [9.17, 15) is 0 Å². The average Bonchev–Trinajstić information content (AvgIpc) is 3.10. The highest BCUT2D eigenvalue weighted by Crippen LogP contribution is 2.46. The standard InChI is InChI=1S/C24H26N2O3/c1-5-6-15-26-19-10-8-7-9-16(19)17-13-14-25-21(22(17)26)18-11-12-20(27-2)24(29-4)23(18)28-3/h7-14H,5-6,15H2,1-4H3. The van der Waals surface area contributed by atoms with Gasteiger partial charge in [-0.15, -0.1) is 0 Å². The fourth-order valence-electron chi connectivity index (χ4n) is 4.04. The number of hydrogen-bond acceptors (Lipinski definition) is 4. The van der Waals surface area contributed by atoms with Gasteiger partial charge in [-0.05, 0) is 30.7 Å². The fourth-order valence-corrected chi connectivity index (χ4v) is 4.04. The summed E-state index contributed by atoms with van der Waals surface area (Å²) in [5.41, 5.74) is 4.11. The number of aromatic nitrogens is 2. The summed E-state index contributed by atoms with van der Waals surface area (Å²) in [5.74, 6) is 1.83. The number of aryl methyl sites for hydroxylation is 1. The van der Waals surface area contributed by atoms with Crippen LogP contribution in [0.15, 0.2) is 48.7 Å². The number of pyridine rings is 1. The predicted octanol–water partition coefficient (Wildman–Crippen LogP) is 5.68. The number of fused-ring (bicyclic) bond motifs is 3. The molecule has 0 aliphatic rings. The fraction of sp³-hybridized carbons (Fsp3) is 0.292. The lowest BCUT2D eigenvalue weighted by molar-refractivity contribution is 0.325. The Labute approximate surface area is 170 Å². The SMILES string of the molecule is CCCCn1c2ccccc2c2ccnc(-c3ccc(OC)c(OC)c3OC)c21. The molecule has 0 N–H and O–H groups in total. The van der Waals surface area contributed by atoms with Crippen LogP contribution in [0.25, 0.3) is 33.1 Å². The van der Waals surface area contributed by atoms with E-state index in [4.69, 9.17) is 19.2 Å². The van der Waals surface area contributed by atoms with Crippen LogP contribution in [0.1, 0.15) is 19.8 Å². The highest BCUT2D eigenvalue weighted by Gasteiger charge is 2.22. The molecule has 2 aromatic carbocycles. The molecular formula is C24H26N2O3. The Morgan fingerprint density at radius 3 is 2.38 bits per heavy atom. The maximum absolute atomic E-state index is 5.75. The van der Waals surface area contributed by atoms with Crippen LogP contribution < -0.4 is 14.2 Å².